The summed E-state index contributed by atoms with van der Waals surface area (Å²) in [7, 11) is 0. The van der Waals surface area contributed by atoms with Crippen molar-refractivity contribution in [1.82, 2.24) is 4.90 Å². The molecule has 0 atom stereocenters. The molecule has 0 bridgehead atoms. The zero-order chi connectivity index (χ0) is 22.3. The van der Waals surface area contributed by atoms with Gasteiger partial charge in [0.25, 0.3) is 0 Å². The number of rotatable bonds is 8. The lowest BCUT2D eigenvalue weighted by atomic mass is 9.84. The number of hydrogen-bond acceptors (Lipinski definition) is 3. The molecule has 5 heteroatoms. The molecule has 0 saturated heterocycles. The Labute approximate surface area is 191 Å². The smallest absolute Gasteiger partial charge is 0.227 e. The molecule has 3 N–H and O–H groups in total. The number of amides is 2. The minimum absolute atomic E-state index is 0.0955. The molecular formula is C27H35N3O2. The van der Waals surface area contributed by atoms with Crippen LogP contribution in [0.15, 0.2) is 48.5 Å². The van der Waals surface area contributed by atoms with Gasteiger partial charge < -0.3 is 16.0 Å². The summed E-state index contributed by atoms with van der Waals surface area (Å²) in [5.41, 5.74) is 9.80. The summed E-state index contributed by atoms with van der Waals surface area (Å²) in [4.78, 5) is 28.1. The predicted molar refractivity (Wildman–Crippen MR) is 128 cm³/mol. The minimum Gasteiger partial charge on any atom is -0.334 e. The van der Waals surface area contributed by atoms with Crippen molar-refractivity contribution in [2.45, 2.75) is 71.0 Å². The van der Waals surface area contributed by atoms with Gasteiger partial charge in [-0.2, -0.15) is 0 Å². The van der Waals surface area contributed by atoms with Crippen molar-refractivity contribution in [3.8, 4) is 0 Å². The molecule has 5 nitrogen and oxygen atoms in total. The van der Waals surface area contributed by atoms with Crippen LogP contribution in [0.2, 0.25) is 0 Å². The number of anilines is 1. The largest absolute Gasteiger partial charge is 0.334 e. The molecule has 0 aromatic heterocycles. The molecular weight excluding hydrogens is 398 g/mol. The quantitative estimate of drug-likeness (QED) is 0.616. The highest BCUT2D eigenvalue weighted by Gasteiger charge is 2.28. The number of carbonyl (C=O) groups is 2. The van der Waals surface area contributed by atoms with Crippen LogP contribution in [0, 0.1) is 11.8 Å². The Morgan fingerprint density at radius 1 is 0.844 bits per heavy atom. The molecule has 32 heavy (non-hydrogen) atoms. The molecule has 4 rings (SSSR count). The van der Waals surface area contributed by atoms with E-state index in [-0.39, 0.29) is 23.7 Å². The van der Waals surface area contributed by atoms with Crippen LogP contribution >= 0.6 is 0 Å². The van der Waals surface area contributed by atoms with Gasteiger partial charge in [0.05, 0.1) is 0 Å². The minimum atomic E-state index is 0.0955. The van der Waals surface area contributed by atoms with E-state index in [1.165, 1.54) is 6.42 Å². The molecule has 0 spiro atoms. The SMILES string of the molecule is NCc1cccc(CN(Cc2ccccc2NC(=O)C2CCC2)C(=O)C2CCCCC2)c1. The first-order chi connectivity index (χ1) is 15.6. The van der Waals surface area contributed by atoms with E-state index in [0.717, 1.165) is 67.3 Å². The Bertz CT molecular complexity index is 932. The molecule has 170 valence electrons. The number of nitrogens with two attached hydrogens (primary N) is 1. The first kappa shape index (κ1) is 22.5. The van der Waals surface area contributed by atoms with Crippen LogP contribution in [0.25, 0.3) is 0 Å². The van der Waals surface area contributed by atoms with Crippen LogP contribution in [0.1, 0.15) is 68.1 Å². The number of carbonyl (C=O) groups excluding carboxylic acids is 2. The fourth-order valence-corrected chi connectivity index (χ4v) is 4.79. The van der Waals surface area contributed by atoms with Crippen LogP contribution in [0.4, 0.5) is 5.69 Å². The second-order valence-electron chi connectivity index (χ2n) is 9.33. The average Bonchev–Trinajstić information content (AvgIpc) is 2.79. The van der Waals surface area contributed by atoms with E-state index in [9.17, 15) is 9.59 Å². The normalized spacial score (nSPS) is 16.9. The number of nitrogens with one attached hydrogen (secondary N) is 1. The lowest BCUT2D eigenvalue weighted by Crippen LogP contribution is -2.36. The first-order valence-electron chi connectivity index (χ1n) is 12.1. The number of benzene rings is 2. The lowest BCUT2D eigenvalue weighted by Gasteiger charge is -2.30. The molecule has 2 aliphatic rings. The van der Waals surface area contributed by atoms with Crippen molar-refractivity contribution in [1.29, 1.82) is 0 Å². The Morgan fingerprint density at radius 2 is 1.56 bits per heavy atom. The summed E-state index contributed by atoms with van der Waals surface area (Å²) in [6, 6.07) is 16.1. The summed E-state index contributed by atoms with van der Waals surface area (Å²) >= 11 is 0. The first-order valence-corrected chi connectivity index (χ1v) is 12.1. The van der Waals surface area contributed by atoms with Crippen molar-refractivity contribution in [2.24, 2.45) is 17.6 Å². The van der Waals surface area contributed by atoms with Gasteiger partial charge in [0.15, 0.2) is 0 Å². The summed E-state index contributed by atoms with van der Waals surface area (Å²) < 4.78 is 0. The summed E-state index contributed by atoms with van der Waals surface area (Å²) in [6.07, 6.45) is 8.48. The molecule has 0 unspecified atom stereocenters. The van der Waals surface area contributed by atoms with Gasteiger partial charge in [-0.1, -0.05) is 68.1 Å². The summed E-state index contributed by atoms with van der Waals surface area (Å²) in [5, 5.41) is 3.12. The topological polar surface area (TPSA) is 75.4 Å². The van der Waals surface area contributed by atoms with Crippen molar-refractivity contribution >= 4 is 17.5 Å². The Kier molecular flexibility index (Phi) is 7.59. The third-order valence-electron chi connectivity index (χ3n) is 6.98. The average molecular weight is 434 g/mol. The van der Waals surface area contributed by atoms with Gasteiger partial charge in [-0.25, -0.2) is 0 Å². The van der Waals surface area contributed by atoms with Gasteiger partial charge in [0.2, 0.25) is 11.8 Å². The Balaban J connectivity index is 1.55. The molecule has 2 fully saturated rings. The lowest BCUT2D eigenvalue weighted by molar-refractivity contribution is -0.137. The van der Waals surface area contributed by atoms with Crippen molar-refractivity contribution in [2.75, 3.05) is 5.32 Å². The van der Waals surface area contributed by atoms with Crippen molar-refractivity contribution in [3.63, 3.8) is 0 Å². The van der Waals surface area contributed by atoms with Gasteiger partial charge in [-0.15, -0.1) is 0 Å². The van der Waals surface area contributed by atoms with Gasteiger partial charge in [0.1, 0.15) is 0 Å². The molecule has 2 aliphatic carbocycles. The maximum absolute atomic E-state index is 13.6. The molecule has 2 amide bonds. The van der Waals surface area contributed by atoms with E-state index in [1.807, 2.05) is 41.3 Å². The number of hydrogen-bond donors (Lipinski definition) is 2. The highest BCUT2D eigenvalue weighted by Crippen LogP contribution is 2.30. The maximum atomic E-state index is 13.6. The van der Waals surface area contributed by atoms with E-state index in [0.29, 0.717) is 19.6 Å². The molecule has 0 heterocycles. The van der Waals surface area contributed by atoms with E-state index in [2.05, 4.69) is 17.4 Å². The molecule has 2 aromatic carbocycles. The van der Waals surface area contributed by atoms with Gasteiger partial charge >= 0.3 is 0 Å². The van der Waals surface area contributed by atoms with Crippen molar-refractivity contribution in [3.05, 3.63) is 65.2 Å². The van der Waals surface area contributed by atoms with Crippen LogP contribution < -0.4 is 11.1 Å². The second-order valence-corrected chi connectivity index (χ2v) is 9.33. The molecule has 2 saturated carbocycles. The Hall–Kier alpha value is -2.66. The number of para-hydroxylation sites is 1. The third kappa shape index (κ3) is 5.57. The van der Waals surface area contributed by atoms with Gasteiger partial charge in [-0.3, -0.25) is 9.59 Å². The highest BCUT2D eigenvalue weighted by molar-refractivity contribution is 5.93. The van der Waals surface area contributed by atoms with E-state index in [1.54, 1.807) is 0 Å². The summed E-state index contributed by atoms with van der Waals surface area (Å²) in [5.74, 6) is 0.549. The fourth-order valence-electron chi connectivity index (χ4n) is 4.79. The molecule has 2 aromatic rings. The van der Waals surface area contributed by atoms with Crippen LogP contribution in [0.3, 0.4) is 0 Å². The van der Waals surface area contributed by atoms with E-state index in [4.69, 9.17) is 5.73 Å². The van der Waals surface area contributed by atoms with E-state index < -0.39 is 0 Å². The van der Waals surface area contributed by atoms with Crippen LogP contribution in [0.5, 0.6) is 0 Å². The zero-order valence-electron chi connectivity index (χ0n) is 18.9. The van der Waals surface area contributed by atoms with Crippen LogP contribution in [-0.2, 0) is 29.2 Å². The fraction of sp³-hybridized carbons (Fsp3) is 0.481. The molecule has 0 radical (unpaired) electrons. The second kappa shape index (κ2) is 10.8. The highest BCUT2D eigenvalue weighted by atomic mass is 16.2. The third-order valence-corrected chi connectivity index (χ3v) is 6.98. The maximum Gasteiger partial charge on any atom is 0.227 e. The van der Waals surface area contributed by atoms with Crippen molar-refractivity contribution < 1.29 is 9.59 Å². The number of nitrogens with zero attached hydrogens (tertiary/aromatic N) is 1. The van der Waals surface area contributed by atoms with Gasteiger partial charge in [0, 0.05) is 37.2 Å². The predicted octanol–water partition coefficient (Wildman–Crippen LogP) is 4.99. The summed E-state index contributed by atoms with van der Waals surface area (Å²) in [6.45, 7) is 1.53. The van der Waals surface area contributed by atoms with E-state index >= 15 is 0 Å². The van der Waals surface area contributed by atoms with Gasteiger partial charge in [-0.05, 0) is 48.4 Å². The molecule has 0 aliphatic heterocycles. The standard InChI is InChI=1S/C27H35N3O2/c28-17-20-8-6-9-21(16-20)18-30(27(32)23-10-2-1-3-11-23)19-24-12-4-5-15-25(24)29-26(31)22-13-7-14-22/h4-6,8-9,12,15-16,22-23H,1-3,7,10-11,13-14,17-19,28H2,(H,29,31). The monoisotopic (exact) mass is 433 g/mol. The van der Waals surface area contributed by atoms with Crippen LogP contribution in [-0.4, -0.2) is 16.7 Å². The Morgan fingerprint density at radius 3 is 2.28 bits per heavy atom. The zero-order valence-corrected chi connectivity index (χ0v) is 18.9.